The zero-order chi connectivity index (χ0) is 22.8. The summed E-state index contributed by atoms with van der Waals surface area (Å²) >= 11 is 3.51. The molecule has 0 N–H and O–H groups in total. The molecule has 1 atom stereocenters. The van der Waals surface area contributed by atoms with Gasteiger partial charge in [0.25, 0.3) is 0 Å². The van der Waals surface area contributed by atoms with Gasteiger partial charge in [0.1, 0.15) is 5.82 Å². The molecule has 1 aromatic heterocycles. The first-order valence-electron chi connectivity index (χ1n) is 10.5. The largest absolute Gasteiger partial charge is 0.461 e. The number of rotatable bonds is 7. The molecule has 1 aliphatic rings. The normalized spacial score (nSPS) is 13.4. The van der Waals surface area contributed by atoms with Gasteiger partial charge < -0.3 is 18.8 Å². The fourth-order valence-electron chi connectivity index (χ4n) is 3.96. The highest BCUT2D eigenvalue weighted by Gasteiger charge is 2.31. The third kappa shape index (κ3) is 4.37. The Labute approximate surface area is 194 Å². The molecule has 2 aromatic carbocycles. The van der Waals surface area contributed by atoms with Gasteiger partial charge in [0.2, 0.25) is 6.79 Å². The lowest BCUT2D eigenvalue weighted by atomic mass is 9.87. The Kier molecular flexibility index (Phi) is 6.50. The van der Waals surface area contributed by atoms with E-state index in [-0.39, 0.29) is 36.9 Å². The predicted octanol–water partition coefficient (Wildman–Crippen LogP) is 5.65. The summed E-state index contributed by atoms with van der Waals surface area (Å²) in [5.74, 6) is 0.301. The summed E-state index contributed by atoms with van der Waals surface area (Å²) in [6, 6.07) is 12.2. The Bertz CT molecular complexity index is 1130. The number of carbonyl (C=O) groups excluding carboxylic acids is 1. The number of aromatic nitrogens is 2. The lowest BCUT2D eigenvalue weighted by molar-refractivity contribution is 0.0518. The summed E-state index contributed by atoms with van der Waals surface area (Å²) in [6.07, 6.45) is 0.541. The van der Waals surface area contributed by atoms with Gasteiger partial charge in [-0.05, 0) is 78.5 Å². The fraction of sp³-hybridized carbons (Fsp3) is 0.333. The van der Waals surface area contributed by atoms with E-state index in [0.717, 1.165) is 16.8 Å². The molecule has 0 saturated heterocycles. The van der Waals surface area contributed by atoms with Crippen molar-refractivity contribution in [3.05, 3.63) is 75.5 Å². The lowest BCUT2D eigenvalue weighted by Crippen LogP contribution is -2.18. The molecule has 168 valence electrons. The number of benzene rings is 2. The van der Waals surface area contributed by atoms with E-state index in [1.165, 1.54) is 12.1 Å². The van der Waals surface area contributed by atoms with Crippen molar-refractivity contribution in [3.63, 3.8) is 0 Å². The summed E-state index contributed by atoms with van der Waals surface area (Å²) < 4.78 is 32.5. The minimum atomic E-state index is -0.486. The van der Waals surface area contributed by atoms with Crippen molar-refractivity contribution in [1.82, 2.24) is 9.55 Å². The van der Waals surface area contributed by atoms with E-state index in [9.17, 15) is 9.18 Å². The molecular weight excluding hydrogens is 479 g/mol. The second-order valence-electron chi connectivity index (χ2n) is 7.79. The average Bonchev–Trinajstić information content (AvgIpc) is 3.36. The molecule has 1 aliphatic heterocycles. The quantitative estimate of drug-likeness (QED) is 0.391. The lowest BCUT2D eigenvalue weighted by Gasteiger charge is -2.23. The van der Waals surface area contributed by atoms with E-state index in [4.69, 9.17) is 14.2 Å². The number of esters is 1. The Morgan fingerprint density at radius 1 is 1.19 bits per heavy atom. The van der Waals surface area contributed by atoms with Crippen molar-refractivity contribution in [1.29, 1.82) is 0 Å². The van der Waals surface area contributed by atoms with Crippen LogP contribution in [0, 0.1) is 5.82 Å². The molecule has 1 unspecified atom stereocenters. The van der Waals surface area contributed by atoms with Gasteiger partial charge in [0.15, 0.2) is 21.9 Å². The first kappa shape index (κ1) is 22.3. The zero-order valence-corrected chi connectivity index (χ0v) is 19.7. The molecule has 0 aliphatic carbocycles. The molecule has 0 bridgehead atoms. The second-order valence-corrected chi connectivity index (χ2v) is 8.50. The van der Waals surface area contributed by atoms with E-state index < -0.39 is 5.97 Å². The summed E-state index contributed by atoms with van der Waals surface area (Å²) in [5, 5.41) is 0. The molecule has 0 spiro atoms. The molecule has 0 radical (unpaired) electrons. The first-order valence-corrected chi connectivity index (χ1v) is 11.3. The van der Waals surface area contributed by atoms with Gasteiger partial charge >= 0.3 is 5.97 Å². The van der Waals surface area contributed by atoms with Crippen LogP contribution in [0.5, 0.6) is 11.5 Å². The van der Waals surface area contributed by atoms with Gasteiger partial charge in [0, 0.05) is 12.0 Å². The average molecular weight is 503 g/mol. The van der Waals surface area contributed by atoms with Gasteiger partial charge in [-0.3, -0.25) is 0 Å². The number of ether oxygens (including phenoxy) is 3. The molecule has 4 rings (SSSR count). The Morgan fingerprint density at radius 3 is 2.59 bits per heavy atom. The number of hydrogen-bond donors (Lipinski definition) is 0. The van der Waals surface area contributed by atoms with Crippen LogP contribution in [0.1, 0.15) is 60.0 Å². The van der Waals surface area contributed by atoms with Crippen LogP contribution in [0.15, 0.2) is 47.2 Å². The highest BCUT2D eigenvalue weighted by atomic mass is 79.9. The third-order valence-electron chi connectivity index (χ3n) is 5.37. The predicted molar refractivity (Wildman–Crippen MR) is 121 cm³/mol. The van der Waals surface area contributed by atoms with E-state index in [1.807, 2.05) is 36.6 Å². The van der Waals surface area contributed by atoms with Crippen molar-refractivity contribution in [2.75, 3.05) is 13.4 Å². The molecule has 3 aromatic rings. The van der Waals surface area contributed by atoms with Gasteiger partial charge in [-0.1, -0.05) is 18.2 Å². The third-order valence-corrected chi connectivity index (χ3v) is 5.93. The maximum Gasteiger partial charge on any atom is 0.358 e. The first-order chi connectivity index (χ1) is 15.4. The van der Waals surface area contributed by atoms with Crippen LogP contribution in [0.25, 0.3) is 0 Å². The number of carbonyl (C=O) groups is 1. The topological polar surface area (TPSA) is 62.6 Å². The summed E-state index contributed by atoms with van der Waals surface area (Å²) in [7, 11) is 0. The van der Waals surface area contributed by atoms with Crippen LogP contribution in [0.4, 0.5) is 4.39 Å². The minimum absolute atomic E-state index is 0.0229. The molecule has 8 heteroatoms. The van der Waals surface area contributed by atoms with Gasteiger partial charge in [-0.25, -0.2) is 14.2 Å². The van der Waals surface area contributed by atoms with Crippen molar-refractivity contribution in [2.24, 2.45) is 0 Å². The van der Waals surface area contributed by atoms with Crippen LogP contribution in [0.3, 0.4) is 0 Å². The molecule has 32 heavy (non-hydrogen) atoms. The smallest absolute Gasteiger partial charge is 0.358 e. The number of imidazole rings is 1. The van der Waals surface area contributed by atoms with Crippen LogP contribution in [-0.4, -0.2) is 28.9 Å². The minimum Gasteiger partial charge on any atom is -0.461 e. The van der Waals surface area contributed by atoms with Gasteiger partial charge in [-0.2, -0.15) is 0 Å². The Morgan fingerprint density at radius 2 is 1.91 bits per heavy atom. The van der Waals surface area contributed by atoms with Crippen LogP contribution < -0.4 is 9.47 Å². The summed E-state index contributed by atoms with van der Waals surface area (Å²) in [5.41, 5.74) is 2.83. The van der Waals surface area contributed by atoms with E-state index in [2.05, 4.69) is 20.9 Å². The highest BCUT2D eigenvalue weighted by Crippen LogP contribution is 2.38. The number of halogens is 2. The molecule has 0 saturated carbocycles. The molecular formula is C24H24BrFN2O4. The van der Waals surface area contributed by atoms with Gasteiger partial charge in [0.05, 0.1) is 12.3 Å². The van der Waals surface area contributed by atoms with E-state index >= 15 is 0 Å². The van der Waals surface area contributed by atoms with Gasteiger partial charge in [-0.15, -0.1) is 0 Å². The maximum atomic E-state index is 13.7. The summed E-state index contributed by atoms with van der Waals surface area (Å²) in [4.78, 5) is 17.3. The maximum absolute atomic E-state index is 13.7. The van der Waals surface area contributed by atoms with Crippen LogP contribution >= 0.6 is 15.9 Å². The van der Waals surface area contributed by atoms with Crippen molar-refractivity contribution in [3.8, 4) is 11.5 Å². The van der Waals surface area contributed by atoms with E-state index in [1.54, 1.807) is 19.1 Å². The molecule has 6 nitrogen and oxygen atoms in total. The van der Waals surface area contributed by atoms with E-state index in [0.29, 0.717) is 22.7 Å². The number of hydrogen-bond acceptors (Lipinski definition) is 5. The standard InChI is InChI=1S/C24H24BrFN2O4/c1-4-30-23(29)21-22(28(14(2)3)24(25)27-21)18(16-6-8-17(26)9-7-16)11-15-5-10-19-20(12-15)32-13-31-19/h5-10,12,14,18H,4,11,13H2,1-3H3. The molecule has 2 heterocycles. The molecule has 0 amide bonds. The van der Waals surface area contributed by atoms with Crippen molar-refractivity contribution < 1.29 is 23.4 Å². The summed E-state index contributed by atoms with van der Waals surface area (Å²) in [6.45, 7) is 6.24. The monoisotopic (exact) mass is 502 g/mol. The zero-order valence-electron chi connectivity index (χ0n) is 18.1. The molecule has 0 fully saturated rings. The van der Waals surface area contributed by atoms with Crippen LogP contribution in [-0.2, 0) is 11.2 Å². The van der Waals surface area contributed by atoms with Crippen molar-refractivity contribution in [2.45, 2.75) is 39.2 Å². The van der Waals surface area contributed by atoms with Crippen molar-refractivity contribution >= 4 is 21.9 Å². The Hall–Kier alpha value is -2.87. The SMILES string of the molecule is CCOC(=O)c1nc(Br)n(C(C)C)c1C(Cc1ccc2c(c1)OCO2)c1ccc(F)cc1. The highest BCUT2D eigenvalue weighted by molar-refractivity contribution is 9.10. The Balaban J connectivity index is 1.86. The number of nitrogens with zero attached hydrogens (tertiary/aromatic N) is 2. The van der Waals surface area contributed by atoms with Crippen LogP contribution in [0.2, 0.25) is 0 Å². The fourth-order valence-corrected chi connectivity index (χ4v) is 4.74. The number of fused-ring (bicyclic) bond motifs is 1. The second kappa shape index (κ2) is 9.32.